The first-order chi connectivity index (χ1) is 14.0. The van der Waals surface area contributed by atoms with E-state index in [1.165, 1.54) is 6.08 Å². The van der Waals surface area contributed by atoms with Crippen LogP contribution in [0.2, 0.25) is 0 Å². The first kappa shape index (κ1) is 20.1. The molecule has 4 amide bonds. The number of anilines is 1. The highest BCUT2D eigenvalue weighted by Gasteiger charge is 2.36. The van der Waals surface area contributed by atoms with Gasteiger partial charge in [-0.05, 0) is 61.4 Å². The van der Waals surface area contributed by atoms with Gasteiger partial charge in [-0.1, -0.05) is 19.1 Å². The van der Waals surface area contributed by atoms with E-state index in [9.17, 15) is 14.4 Å². The van der Waals surface area contributed by atoms with E-state index in [-0.39, 0.29) is 5.57 Å². The highest BCUT2D eigenvalue weighted by molar-refractivity contribution is 6.39. The average molecular weight is 394 g/mol. The number of hydrogen-bond donors (Lipinski definition) is 1. The third kappa shape index (κ3) is 4.63. The maximum absolute atomic E-state index is 12.9. The summed E-state index contributed by atoms with van der Waals surface area (Å²) in [6.45, 7) is 5.00. The van der Waals surface area contributed by atoms with E-state index in [0.717, 1.165) is 11.3 Å². The first-order valence-corrected chi connectivity index (χ1v) is 9.40. The molecule has 1 aliphatic heterocycles. The van der Waals surface area contributed by atoms with Crippen LogP contribution in [-0.2, 0) is 9.59 Å². The van der Waals surface area contributed by atoms with Crippen LogP contribution in [0.1, 0.15) is 25.8 Å². The average Bonchev–Trinajstić information content (AvgIpc) is 2.72. The minimum Gasteiger partial charge on any atom is -0.494 e. The molecule has 0 bridgehead atoms. The zero-order valence-corrected chi connectivity index (χ0v) is 16.3. The van der Waals surface area contributed by atoms with Gasteiger partial charge >= 0.3 is 6.03 Å². The van der Waals surface area contributed by atoms with E-state index < -0.39 is 17.8 Å². The van der Waals surface area contributed by atoms with E-state index in [4.69, 9.17) is 9.47 Å². The van der Waals surface area contributed by atoms with Crippen molar-refractivity contribution in [2.75, 3.05) is 18.1 Å². The standard InChI is InChI=1S/C22H22N2O5/c1-3-13-29-18-9-5-15(6-10-18)14-19-20(25)23-22(27)24(21(19)26)16-7-11-17(12-8-16)28-4-2/h5-12,14H,3-4,13H2,1-2H3,(H,23,25,27)/b19-14+. The Balaban J connectivity index is 1.85. The highest BCUT2D eigenvalue weighted by atomic mass is 16.5. The van der Waals surface area contributed by atoms with E-state index in [1.807, 2.05) is 13.8 Å². The topological polar surface area (TPSA) is 84.9 Å². The molecule has 2 aromatic rings. The predicted molar refractivity (Wildman–Crippen MR) is 109 cm³/mol. The molecule has 0 aromatic heterocycles. The maximum Gasteiger partial charge on any atom is 0.335 e. The Morgan fingerprint density at radius 3 is 2.14 bits per heavy atom. The molecule has 1 aliphatic rings. The van der Waals surface area contributed by atoms with Gasteiger partial charge in [-0.25, -0.2) is 9.69 Å². The van der Waals surface area contributed by atoms with Crippen LogP contribution in [-0.4, -0.2) is 31.1 Å². The van der Waals surface area contributed by atoms with Crippen LogP contribution in [0.25, 0.3) is 6.08 Å². The molecule has 0 atom stereocenters. The monoisotopic (exact) mass is 394 g/mol. The summed E-state index contributed by atoms with van der Waals surface area (Å²) in [4.78, 5) is 38.3. The van der Waals surface area contributed by atoms with Gasteiger partial charge in [-0.15, -0.1) is 0 Å². The highest BCUT2D eigenvalue weighted by Crippen LogP contribution is 2.24. The van der Waals surface area contributed by atoms with Crippen molar-refractivity contribution in [3.05, 3.63) is 59.7 Å². The van der Waals surface area contributed by atoms with Crippen molar-refractivity contribution in [2.24, 2.45) is 0 Å². The lowest BCUT2D eigenvalue weighted by molar-refractivity contribution is -0.122. The van der Waals surface area contributed by atoms with E-state index in [1.54, 1.807) is 48.5 Å². The second-order valence-corrected chi connectivity index (χ2v) is 6.30. The summed E-state index contributed by atoms with van der Waals surface area (Å²) < 4.78 is 10.9. The summed E-state index contributed by atoms with van der Waals surface area (Å²) in [6.07, 6.45) is 2.35. The van der Waals surface area contributed by atoms with Crippen molar-refractivity contribution in [1.82, 2.24) is 5.32 Å². The Morgan fingerprint density at radius 1 is 0.897 bits per heavy atom. The second kappa shape index (κ2) is 9.05. The normalized spacial score (nSPS) is 15.4. The SMILES string of the molecule is CCCOc1ccc(/C=C2\C(=O)NC(=O)N(c3ccc(OCC)cc3)C2=O)cc1. The Labute approximate surface area is 168 Å². The lowest BCUT2D eigenvalue weighted by atomic mass is 10.1. The van der Waals surface area contributed by atoms with Crippen LogP contribution >= 0.6 is 0 Å². The number of ether oxygens (including phenoxy) is 2. The fourth-order valence-corrected chi connectivity index (χ4v) is 2.80. The van der Waals surface area contributed by atoms with Gasteiger partial charge in [0, 0.05) is 0 Å². The lowest BCUT2D eigenvalue weighted by Gasteiger charge is -2.26. The molecule has 0 aliphatic carbocycles. The summed E-state index contributed by atoms with van der Waals surface area (Å²) in [6, 6.07) is 12.7. The second-order valence-electron chi connectivity index (χ2n) is 6.30. The third-order valence-corrected chi connectivity index (χ3v) is 4.17. The molecule has 3 rings (SSSR count). The number of barbiturate groups is 1. The summed E-state index contributed by atoms with van der Waals surface area (Å²) in [7, 11) is 0. The van der Waals surface area contributed by atoms with Crippen LogP contribution in [0.5, 0.6) is 11.5 Å². The van der Waals surface area contributed by atoms with Gasteiger partial charge < -0.3 is 9.47 Å². The van der Waals surface area contributed by atoms with Gasteiger partial charge in [0.05, 0.1) is 18.9 Å². The van der Waals surface area contributed by atoms with Gasteiger partial charge in [0.25, 0.3) is 11.8 Å². The molecule has 0 unspecified atom stereocenters. The largest absolute Gasteiger partial charge is 0.494 e. The molecule has 150 valence electrons. The number of urea groups is 1. The van der Waals surface area contributed by atoms with E-state index in [0.29, 0.717) is 36.0 Å². The fourth-order valence-electron chi connectivity index (χ4n) is 2.80. The van der Waals surface area contributed by atoms with Crippen molar-refractivity contribution < 1.29 is 23.9 Å². The molecular formula is C22H22N2O5. The molecule has 1 heterocycles. The number of carbonyl (C=O) groups is 3. The minimum absolute atomic E-state index is 0.124. The maximum atomic E-state index is 12.9. The lowest BCUT2D eigenvalue weighted by Crippen LogP contribution is -2.54. The Kier molecular flexibility index (Phi) is 6.29. The quantitative estimate of drug-likeness (QED) is 0.574. The number of benzene rings is 2. The molecular weight excluding hydrogens is 372 g/mol. The number of hydrogen-bond acceptors (Lipinski definition) is 5. The summed E-state index contributed by atoms with van der Waals surface area (Å²) in [5, 5.41) is 2.21. The molecule has 1 fully saturated rings. The van der Waals surface area contributed by atoms with Gasteiger partial charge in [-0.2, -0.15) is 0 Å². The molecule has 1 saturated heterocycles. The van der Waals surface area contributed by atoms with Crippen LogP contribution in [0.3, 0.4) is 0 Å². The van der Waals surface area contributed by atoms with Crippen molar-refractivity contribution >= 4 is 29.6 Å². The summed E-state index contributed by atoms with van der Waals surface area (Å²) >= 11 is 0. The van der Waals surface area contributed by atoms with Crippen LogP contribution in [0.4, 0.5) is 10.5 Å². The number of amides is 4. The molecule has 1 N–H and O–H groups in total. The minimum atomic E-state index is -0.787. The Morgan fingerprint density at radius 2 is 1.52 bits per heavy atom. The van der Waals surface area contributed by atoms with Gasteiger partial charge in [0.2, 0.25) is 0 Å². The summed E-state index contributed by atoms with van der Waals surface area (Å²) in [5.74, 6) is -0.0827. The third-order valence-electron chi connectivity index (χ3n) is 4.17. The summed E-state index contributed by atoms with van der Waals surface area (Å²) in [5.41, 5.74) is 0.867. The predicted octanol–water partition coefficient (Wildman–Crippen LogP) is 3.54. The van der Waals surface area contributed by atoms with Gasteiger partial charge in [0.15, 0.2) is 0 Å². The molecule has 0 radical (unpaired) electrons. The molecule has 7 heteroatoms. The van der Waals surface area contributed by atoms with Gasteiger partial charge in [-0.3, -0.25) is 14.9 Å². The molecule has 29 heavy (non-hydrogen) atoms. The number of imide groups is 2. The van der Waals surface area contributed by atoms with Crippen molar-refractivity contribution in [3.63, 3.8) is 0 Å². The molecule has 0 saturated carbocycles. The Bertz CT molecular complexity index is 933. The van der Waals surface area contributed by atoms with Crippen molar-refractivity contribution in [2.45, 2.75) is 20.3 Å². The van der Waals surface area contributed by atoms with Crippen LogP contribution in [0.15, 0.2) is 54.1 Å². The van der Waals surface area contributed by atoms with E-state index in [2.05, 4.69) is 5.32 Å². The smallest absolute Gasteiger partial charge is 0.335 e. The Hall–Kier alpha value is -3.61. The zero-order chi connectivity index (χ0) is 20.8. The van der Waals surface area contributed by atoms with Crippen molar-refractivity contribution in [1.29, 1.82) is 0 Å². The van der Waals surface area contributed by atoms with Crippen LogP contribution in [0, 0.1) is 0 Å². The van der Waals surface area contributed by atoms with Crippen LogP contribution < -0.4 is 19.7 Å². The zero-order valence-electron chi connectivity index (χ0n) is 16.3. The van der Waals surface area contributed by atoms with Crippen molar-refractivity contribution in [3.8, 4) is 11.5 Å². The molecule has 0 spiro atoms. The fraction of sp³-hybridized carbons (Fsp3) is 0.227. The molecule has 7 nitrogen and oxygen atoms in total. The van der Waals surface area contributed by atoms with E-state index >= 15 is 0 Å². The number of carbonyl (C=O) groups excluding carboxylic acids is 3. The number of nitrogens with one attached hydrogen (secondary N) is 1. The molecule has 2 aromatic carbocycles. The number of nitrogens with zero attached hydrogens (tertiary/aromatic N) is 1. The van der Waals surface area contributed by atoms with Gasteiger partial charge in [0.1, 0.15) is 17.1 Å². The first-order valence-electron chi connectivity index (χ1n) is 9.40. The number of rotatable bonds is 7.